The zero-order chi connectivity index (χ0) is 16.8. The molecule has 1 atom stereocenters. The van der Waals surface area contributed by atoms with Crippen LogP contribution in [-0.2, 0) is 9.59 Å². The monoisotopic (exact) mass is 320 g/mol. The van der Waals surface area contributed by atoms with Crippen molar-refractivity contribution in [3.8, 4) is 5.75 Å². The highest BCUT2D eigenvalue weighted by Crippen LogP contribution is 2.26. The largest absolute Gasteiger partial charge is 0.573 e. The number of benzene rings is 1. The van der Waals surface area contributed by atoms with Gasteiger partial charge >= 0.3 is 18.3 Å². The third kappa shape index (κ3) is 6.68. The molecule has 0 heterocycles. The second-order valence-corrected chi connectivity index (χ2v) is 4.05. The number of hydrogen-bond donors (Lipinski definition) is 2. The van der Waals surface area contributed by atoms with Crippen LogP contribution >= 0.6 is 0 Å². The first-order valence-corrected chi connectivity index (χ1v) is 5.88. The Morgan fingerprint density at radius 1 is 1.27 bits per heavy atom. The zero-order valence-corrected chi connectivity index (χ0v) is 10.9. The van der Waals surface area contributed by atoms with Gasteiger partial charge in [-0.05, 0) is 18.6 Å². The fourth-order valence-electron chi connectivity index (χ4n) is 1.37. The fourth-order valence-corrected chi connectivity index (χ4v) is 1.37. The number of rotatable bonds is 7. The van der Waals surface area contributed by atoms with E-state index in [1.54, 1.807) is 0 Å². The molecule has 1 aromatic rings. The van der Waals surface area contributed by atoms with Gasteiger partial charge in [0, 0.05) is 12.5 Å². The molecule has 0 saturated carbocycles. The third-order valence-electron chi connectivity index (χ3n) is 2.28. The first-order chi connectivity index (χ1) is 10.2. The predicted molar refractivity (Wildman–Crippen MR) is 65.9 cm³/mol. The molecule has 22 heavy (non-hydrogen) atoms. The highest BCUT2D eigenvalue weighted by molar-refractivity contribution is 5.75. The van der Waals surface area contributed by atoms with Gasteiger partial charge in [0.25, 0.3) is 0 Å². The zero-order valence-electron chi connectivity index (χ0n) is 10.9. The van der Waals surface area contributed by atoms with Crippen LogP contribution in [0, 0.1) is 0 Å². The molecule has 0 aromatic heterocycles. The number of carboxylic acid groups (broad SMARTS) is 2. The van der Waals surface area contributed by atoms with Crippen molar-refractivity contribution in [1.29, 1.82) is 0 Å². The molecule has 0 saturated heterocycles. The Labute approximate surface area is 122 Å². The van der Waals surface area contributed by atoms with Crippen molar-refractivity contribution in [3.63, 3.8) is 0 Å². The van der Waals surface area contributed by atoms with Gasteiger partial charge in [0.1, 0.15) is 5.75 Å². The standard InChI is InChI=1S/C12H11F3N2O5/c13-12(14,15)22-8-3-1-2-7(6-8)16-17-9(11(20)21)4-5-10(18)19/h1-3,6,9H,4-5H2,(H,18,19)(H,20,21). The maximum atomic E-state index is 12.1. The van der Waals surface area contributed by atoms with E-state index in [4.69, 9.17) is 10.2 Å². The van der Waals surface area contributed by atoms with Gasteiger partial charge in [-0.25, -0.2) is 4.79 Å². The van der Waals surface area contributed by atoms with E-state index in [2.05, 4.69) is 15.0 Å². The van der Waals surface area contributed by atoms with E-state index in [1.807, 2.05) is 0 Å². The minimum absolute atomic E-state index is 0.0525. The number of halogens is 3. The van der Waals surface area contributed by atoms with Gasteiger partial charge in [-0.15, -0.1) is 13.2 Å². The van der Waals surface area contributed by atoms with Crippen LogP contribution in [0.4, 0.5) is 18.9 Å². The van der Waals surface area contributed by atoms with Crippen LogP contribution in [0.5, 0.6) is 5.75 Å². The van der Waals surface area contributed by atoms with Gasteiger partial charge in [0.15, 0.2) is 6.04 Å². The molecule has 10 heteroatoms. The van der Waals surface area contributed by atoms with E-state index in [1.165, 1.54) is 12.1 Å². The summed E-state index contributed by atoms with van der Waals surface area (Å²) in [6.07, 6.45) is -5.57. The Bertz CT molecular complexity index is 574. The normalized spacial score (nSPS) is 13.0. The summed E-state index contributed by atoms with van der Waals surface area (Å²) in [5.74, 6) is -3.10. The smallest absolute Gasteiger partial charge is 0.481 e. The first-order valence-electron chi connectivity index (χ1n) is 5.88. The van der Waals surface area contributed by atoms with E-state index in [9.17, 15) is 22.8 Å². The number of nitrogens with zero attached hydrogens (tertiary/aromatic N) is 2. The lowest BCUT2D eigenvalue weighted by atomic mass is 10.2. The van der Waals surface area contributed by atoms with Crippen LogP contribution in [0.1, 0.15) is 12.8 Å². The summed E-state index contributed by atoms with van der Waals surface area (Å²) >= 11 is 0. The number of hydrogen-bond acceptors (Lipinski definition) is 5. The topological polar surface area (TPSA) is 109 Å². The molecule has 0 aliphatic heterocycles. The highest BCUT2D eigenvalue weighted by Gasteiger charge is 2.31. The Morgan fingerprint density at radius 3 is 2.50 bits per heavy atom. The molecule has 0 aliphatic carbocycles. The molecular formula is C12H11F3N2O5. The minimum atomic E-state index is -4.86. The van der Waals surface area contributed by atoms with Crippen molar-refractivity contribution in [2.24, 2.45) is 10.2 Å². The third-order valence-corrected chi connectivity index (χ3v) is 2.28. The molecule has 120 valence electrons. The van der Waals surface area contributed by atoms with Crippen LogP contribution in [-0.4, -0.2) is 34.6 Å². The fraction of sp³-hybridized carbons (Fsp3) is 0.333. The van der Waals surface area contributed by atoms with Gasteiger partial charge < -0.3 is 14.9 Å². The lowest BCUT2D eigenvalue weighted by Crippen LogP contribution is -2.18. The number of alkyl halides is 3. The predicted octanol–water partition coefficient (Wildman–Crippen LogP) is 2.99. The van der Waals surface area contributed by atoms with E-state index in [0.717, 1.165) is 12.1 Å². The molecule has 1 rings (SSSR count). The Kier molecular flexibility index (Phi) is 5.84. The summed E-state index contributed by atoms with van der Waals surface area (Å²) in [6, 6.07) is 3.09. The van der Waals surface area contributed by atoms with Crippen LogP contribution < -0.4 is 4.74 Å². The highest BCUT2D eigenvalue weighted by atomic mass is 19.4. The van der Waals surface area contributed by atoms with Crippen LogP contribution in [0.25, 0.3) is 0 Å². The van der Waals surface area contributed by atoms with Gasteiger partial charge in [0.05, 0.1) is 5.69 Å². The van der Waals surface area contributed by atoms with Crippen molar-refractivity contribution < 1.29 is 37.7 Å². The average Bonchev–Trinajstić information content (AvgIpc) is 2.36. The van der Waals surface area contributed by atoms with Crippen molar-refractivity contribution in [2.45, 2.75) is 25.2 Å². The number of aliphatic carboxylic acids is 2. The lowest BCUT2D eigenvalue weighted by molar-refractivity contribution is -0.274. The molecule has 0 bridgehead atoms. The SMILES string of the molecule is O=C(O)CCC(N=Nc1cccc(OC(F)(F)F)c1)C(=O)O. The molecule has 7 nitrogen and oxygen atoms in total. The van der Waals surface area contributed by atoms with Gasteiger partial charge in [-0.1, -0.05) is 6.07 Å². The minimum Gasteiger partial charge on any atom is -0.481 e. The molecule has 0 aliphatic rings. The summed E-state index contributed by atoms with van der Waals surface area (Å²) in [5, 5.41) is 24.3. The summed E-state index contributed by atoms with van der Waals surface area (Å²) in [5.41, 5.74) is -0.0525. The Morgan fingerprint density at radius 2 is 1.95 bits per heavy atom. The Hall–Kier alpha value is -2.65. The number of ether oxygens (including phenoxy) is 1. The van der Waals surface area contributed by atoms with Crippen molar-refractivity contribution in [3.05, 3.63) is 24.3 Å². The Balaban J connectivity index is 2.80. The number of carboxylic acids is 2. The second kappa shape index (κ2) is 7.38. The maximum absolute atomic E-state index is 12.1. The summed E-state index contributed by atoms with van der Waals surface area (Å²) < 4.78 is 39.9. The summed E-state index contributed by atoms with van der Waals surface area (Å²) in [7, 11) is 0. The van der Waals surface area contributed by atoms with Crippen molar-refractivity contribution in [1.82, 2.24) is 0 Å². The quantitative estimate of drug-likeness (QED) is 0.751. The summed E-state index contributed by atoms with van der Waals surface area (Å²) in [4.78, 5) is 21.3. The molecule has 1 unspecified atom stereocenters. The van der Waals surface area contributed by atoms with Gasteiger partial charge in [0.2, 0.25) is 0 Å². The molecule has 0 spiro atoms. The average molecular weight is 320 g/mol. The maximum Gasteiger partial charge on any atom is 0.573 e. The van der Waals surface area contributed by atoms with Crippen molar-refractivity contribution >= 4 is 17.6 Å². The molecule has 0 radical (unpaired) electrons. The molecule has 0 fully saturated rings. The molecule has 2 N–H and O–H groups in total. The van der Waals surface area contributed by atoms with Gasteiger partial charge in [-0.3, -0.25) is 4.79 Å². The van der Waals surface area contributed by atoms with Gasteiger partial charge in [-0.2, -0.15) is 10.2 Å². The van der Waals surface area contributed by atoms with E-state index in [-0.39, 0.29) is 12.1 Å². The van der Waals surface area contributed by atoms with E-state index in [0.29, 0.717) is 0 Å². The van der Waals surface area contributed by atoms with E-state index >= 15 is 0 Å². The van der Waals surface area contributed by atoms with Crippen LogP contribution in [0.15, 0.2) is 34.5 Å². The number of azo groups is 1. The van der Waals surface area contributed by atoms with Crippen LogP contribution in [0.3, 0.4) is 0 Å². The summed E-state index contributed by atoms with van der Waals surface area (Å²) in [6.45, 7) is 0. The second-order valence-electron chi connectivity index (χ2n) is 4.05. The number of carbonyl (C=O) groups is 2. The molecule has 1 aromatic carbocycles. The van der Waals surface area contributed by atoms with Crippen LogP contribution in [0.2, 0.25) is 0 Å². The lowest BCUT2D eigenvalue weighted by Gasteiger charge is -2.08. The molecular weight excluding hydrogens is 309 g/mol. The molecule has 0 amide bonds. The van der Waals surface area contributed by atoms with E-state index < -0.39 is 36.5 Å². The first kappa shape index (κ1) is 17.4. The van der Waals surface area contributed by atoms with Crippen molar-refractivity contribution in [2.75, 3.05) is 0 Å².